The van der Waals surface area contributed by atoms with Gasteiger partial charge in [-0.2, -0.15) is 0 Å². The predicted molar refractivity (Wildman–Crippen MR) is 105 cm³/mol. The molecule has 2 nitrogen and oxygen atoms in total. The molecule has 0 saturated carbocycles. The molecule has 1 heterocycles. The molecule has 0 aromatic heterocycles. The number of rotatable bonds is 4. The van der Waals surface area contributed by atoms with Gasteiger partial charge < -0.3 is 0 Å². The molecule has 0 bridgehead atoms. The van der Waals surface area contributed by atoms with Gasteiger partial charge in [-0.05, 0) is 55.5 Å². The van der Waals surface area contributed by atoms with Gasteiger partial charge in [-0.1, -0.05) is 54.6 Å². The molecule has 1 aliphatic heterocycles. The molecule has 130 valence electrons. The zero-order chi connectivity index (χ0) is 16.4. The SMILES string of the molecule is Cl.O=C1C(CC2CCN(Cc3ccccc3)CC2)=Cc2ccccc21. The lowest BCUT2D eigenvalue weighted by atomic mass is 9.89. The number of fused-ring (bicyclic) bond motifs is 1. The van der Waals surface area contributed by atoms with Crippen molar-refractivity contribution in [2.45, 2.75) is 25.8 Å². The summed E-state index contributed by atoms with van der Waals surface area (Å²) in [5.74, 6) is 0.888. The quantitative estimate of drug-likeness (QED) is 0.771. The van der Waals surface area contributed by atoms with E-state index in [2.05, 4.69) is 41.3 Å². The minimum absolute atomic E-state index is 0. The number of Topliss-reactive ketones (excluding diaryl/α,β-unsaturated/α-hetero) is 1. The fraction of sp³-hybridized carbons (Fsp3) is 0.318. The summed E-state index contributed by atoms with van der Waals surface area (Å²) in [6, 6.07) is 18.6. The lowest BCUT2D eigenvalue weighted by molar-refractivity contribution is 0.102. The number of hydrogen-bond acceptors (Lipinski definition) is 2. The number of allylic oxidation sites excluding steroid dienone is 1. The standard InChI is InChI=1S/C22H23NO.ClH/c24-22-20(15-19-8-4-5-9-21(19)22)14-17-10-12-23(13-11-17)16-18-6-2-1-3-7-18;/h1-9,15,17H,10-14,16H2;1H. The lowest BCUT2D eigenvalue weighted by Crippen LogP contribution is -2.33. The van der Waals surface area contributed by atoms with E-state index in [9.17, 15) is 4.79 Å². The zero-order valence-corrected chi connectivity index (χ0v) is 15.2. The normalized spacial score (nSPS) is 17.8. The van der Waals surface area contributed by atoms with Crippen molar-refractivity contribution in [1.82, 2.24) is 4.90 Å². The van der Waals surface area contributed by atoms with Crippen LogP contribution >= 0.6 is 12.4 Å². The molecule has 3 heteroatoms. The summed E-state index contributed by atoms with van der Waals surface area (Å²) in [5.41, 5.74) is 4.38. The summed E-state index contributed by atoms with van der Waals surface area (Å²) >= 11 is 0. The summed E-state index contributed by atoms with van der Waals surface area (Å²) in [7, 11) is 0. The van der Waals surface area contributed by atoms with Gasteiger partial charge in [0.1, 0.15) is 0 Å². The molecule has 0 radical (unpaired) electrons. The van der Waals surface area contributed by atoms with Gasteiger partial charge in [0, 0.05) is 17.7 Å². The number of hydrogen-bond donors (Lipinski definition) is 0. The second-order valence-corrected chi connectivity index (χ2v) is 7.00. The maximum absolute atomic E-state index is 12.5. The topological polar surface area (TPSA) is 20.3 Å². The van der Waals surface area contributed by atoms with Crippen LogP contribution in [0.15, 0.2) is 60.2 Å². The van der Waals surface area contributed by atoms with E-state index in [1.807, 2.05) is 24.3 Å². The molecule has 0 unspecified atom stereocenters. The van der Waals surface area contributed by atoms with Crippen LogP contribution in [0.25, 0.3) is 6.08 Å². The van der Waals surface area contributed by atoms with Crippen molar-refractivity contribution in [3.05, 3.63) is 76.9 Å². The number of piperidine rings is 1. The first kappa shape index (κ1) is 17.9. The van der Waals surface area contributed by atoms with Crippen LogP contribution < -0.4 is 0 Å². The number of likely N-dealkylation sites (tertiary alicyclic amines) is 1. The molecular weight excluding hydrogens is 330 g/mol. The molecule has 1 saturated heterocycles. The first-order valence-corrected chi connectivity index (χ1v) is 8.90. The third-order valence-electron chi connectivity index (χ3n) is 5.29. The molecule has 0 N–H and O–H groups in total. The van der Waals surface area contributed by atoms with E-state index in [0.717, 1.165) is 42.8 Å². The van der Waals surface area contributed by atoms with Gasteiger partial charge in [-0.15, -0.1) is 12.4 Å². The first-order chi connectivity index (χ1) is 11.8. The molecule has 0 atom stereocenters. The molecule has 2 aliphatic rings. The lowest BCUT2D eigenvalue weighted by Gasteiger charge is -2.32. The van der Waals surface area contributed by atoms with Gasteiger partial charge in [-0.3, -0.25) is 9.69 Å². The monoisotopic (exact) mass is 353 g/mol. The number of benzene rings is 2. The van der Waals surface area contributed by atoms with Crippen molar-refractivity contribution >= 4 is 24.3 Å². The highest BCUT2D eigenvalue weighted by atomic mass is 35.5. The molecular formula is C22H24ClNO. The number of nitrogens with zero attached hydrogens (tertiary/aromatic N) is 1. The van der Waals surface area contributed by atoms with Crippen LogP contribution in [0.2, 0.25) is 0 Å². The number of ketones is 1. The van der Waals surface area contributed by atoms with Gasteiger partial charge in [0.15, 0.2) is 5.78 Å². The van der Waals surface area contributed by atoms with E-state index in [1.165, 1.54) is 18.4 Å². The summed E-state index contributed by atoms with van der Waals surface area (Å²) in [6.07, 6.45) is 5.42. The minimum atomic E-state index is 0. The number of carbonyl (C=O) groups excluding carboxylic acids is 1. The van der Waals surface area contributed by atoms with E-state index in [-0.39, 0.29) is 18.2 Å². The summed E-state index contributed by atoms with van der Waals surface area (Å²) in [5, 5.41) is 0. The van der Waals surface area contributed by atoms with Crippen LogP contribution in [0.5, 0.6) is 0 Å². The first-order valence-electron chi connectivity index (χ1n) is 8.90. The summed E-state index contributed by atoms with van der Waals surface area (Å²) < 4.78 is 0. The van der Waals surface area contributed by atoms with Crippen molar-refractivity contribution < 1.29 is 4.79 Å². The van der Waals surface area contributed by atoms with Gasteiger partial charge in [0.05, 0.1) is 0 Å². The van der Waals surface area contributed by atoms with E-state index >= 15 is 0 Å². The maximum atomic E-state index is 12.5. The molecule has 1 fully saturated rings. The van der Waals surface area contributed by atoms with Crippen LogP contribution in [0.1, 0.15) is 40.7 Å². The summed E-state index contributed by atoms with van der Waals surface area (Å²) in [4.78, 5) is 15.0. The fourth-order valence-electron chi connectivity index (χ4n) is 3.91. The van der Waals surface area contributed by atoms with Crippen LogP contribution in [-0.4, -0.2) is 23.8 Å². The highest BCUT2D eigenvalue weighted by Crippen LogP contribution is 2.32. The molecule has 0 amide bonds. The van der Waals surface area contributed by atoms with Gasteiger partial charge in [0.2, 0.25) is 0 Å². The Morgan fingerprint density at radius 2 is 1.60 bits per heavy atom. The summed E-state index contributed by atoms with van der Waals surface area (Å²) in [6.45, 7) is 3.31. The largest absolute Gasteiger partial charge is 0.299 e. The second-order valence-electron chi connectivity index (χ2n) is 7.00. The Morgan fingerprint density at radius 3 is 2.32 bits per heavy atom. The average molecular weight is 354 g/mol. The Kier molecular flexibility index (Phi) is 5.72. The molecule has 0 spiro atoms. The Morgan fingerprint density at radius 1 is 0.920 bits per heavy atom. The third-order valence-corrected chi connectivity index (χ3v) is 5.29. The van der Waals surface area contributed by atoms with E-state index in [0.29, 0.717) is 5.92 Å². The maximum Gasteiger partial charge on any atom is 0.189 e. The molecule has 1 aliphatic carbocycles. The van der Waals surface area contributed by atoms with Crippen LogP contribution in [0, 0.1) is 5.92 Å². The molecule has 2 aromatic rings. The van der Waals surface area contributed by atoms with Crippen molar-refractivity contribution in [3.8, 4) is 0 Å². The zero-order valence-electron chi connectivity index (χ0n) is 14.4. The Balaban J connectivity index is 0.00000182. The highest BCUT2D eigenvalue weighted by Gasteiger charge is 2.26. The van der Waals surface area contributed by atoms with Crippen molar-refractivity contribution in [1.29, 1.82) is 0 Å². The Bertz CT molecular complexity index is 761. The second kappa shape index (κ2) is 7.99. The highest BCUT2D eigenvalue weighted by molar-refractivity contribution is 6.17. The predicted octanol–water partition coefficient (Wildman–Crippen LogP) is 4.99. The fourth-order valence-corrected chi connectivity index (χ4v) is 3.91. The van der Waals surface area contributed by atoms with Gasteiger partial charge >= 0.3 is 0 Å². The van der Waals surface area contributed by atoms with Crippen molar-refractivity contribution in [3.63, 3.8) is 0 Å². The van der Waals surface area contributed by atoms with E-state index in [4.69, 9.17) is 0 Å². The average Bonchev–Trinajstić information content (AvgIpc) is 2.94. The number of carbonyl (C=O) groups is 1. The molecule has 2 aromatic carbocycles. The molecule has 4 rings (SSSR count). The van der Waals surface area contributed by atoms with Gasteiger partial charge in [-0.25, -0.2) is 0 Å². The Labute approximate surface area is 156 Å². The third kappa shape index (κ3) is 4.02. The van der Waals surface area contributed by atoms with Gasteiger partial charge in [0.25, 0.3) is 0 Å². The van der Waals surface area contributed by atoms with E-state index < -0.39 is 0 Å². The van der Waals surface area contributed by atoms with E-state index in [1.54, 1.807) is 0 Å². The Hall–Kier alpha value is -1.90. The minimum Gasteiger partial charge on any atom is -0.299 e. The van der Waals surface area contributed by atoms with Crippen molar-refractivity contribution in [2.24, 2.45) is 5.92 Å². The smallest absolute Gasteiger partial charge is 0.189 e. The van der Waals surface area contributed by atoms with Crippen LogP contribution in [-0.2, 0) is 6.54 Å². The van der Waals surface area contributed by atoms with Crippen molar-refractivity contribution in [2.75, 3.05) is 13.1 Å². The number of halogens is 1. The van der Waals surface area contributed by atoms with Crippen LogP contribution in [0.3, 0.4) is 0 Å². The van der Waals surface area contributed by atoms with Crippen LogP contribution in [0.4, 0.5) is 0 Å². The molecule has 25 heavy (non-hydrogen) atoms.